The van der Waals surface area contributed by atoms with E-state index < -0.39 is 0 Å². The summed E-state index contributed by atoms with van der Waals surface area (Å²) in [7, 11) is 0. The highest BCUT2D eigenvalue weighted by atomic mass is 32.2. The number of rotatable bonds is 3. The summed E-state index contributed by atoms with van der Waals surface area (Å²) in [6.45, 7) is 0. The van der Waals surface area contributed by atoms with E-state index in [1.165, 1.54) is 0 Å². The van der Waals surface area contributed by atoms with Gasteiger partial charge in [0.1, 0.15) is 0 Å². The monoisotopic (exact) mass is 237 g/mol. The van der Waals surface area contributed by atoms with Gasteiger partial charge >= 0.3 is 0 Å². The van der Waals surface area contributed by atoms with E-state index >= 15 is 0 Å². The van der Waals surface area contributed by atoms with Gasteiger partial charge in [-0.05, 0) is 30.9 Å². The molecule has 4 atom stereocenters. The molecule has 0 unspecified atom stereocenters. The average Bonchev–Trinajstić information content (AvgIpc) is 3.04. The maximum Gasteiger partial charge on any atom is 0.222 e. The van der Waals surface area contributed by atoms with E-state index in [2.05, 4.69) is 15.3 Å². The highest BCUT2D eigenvalue weighted by Crippen LogP contribution is 2.52. The Balaban J connectivity index is 1.65. The second kappa shape index (κ2) is 3.89. The van der Waals surface area contributed by atoms with Crippen molar-refractivity contribution in [3.05, 3.63) is 12.4 Å². The lowest BCUT2D eigenvalue weighted by Gasteiger charge is -2.14. The summed E-state index contributed by atoms with van der Waals surface area (Å²) >= 11 is 1.64. The van der Waals surface area contributed by atoms with Crippen LogP contribution in [0, 0.1) is 11.8 Å². The Hall–Kier alpha value is -0.810. The molecule has 16 heavy (non-hydrogen) atoms. The SMILES string of the molecule is CSc1cnc(N[C@@H]2C[C@H](O)[C@H]3C[C@H]32)nc1. The number of hydrogen-bond acceptors (Lipinski definition) is 5. The van der Waals surface area contributed by atoms with Crippen molar-refractivity contribution < 1.29 is 5.11 Å². The van der Waals surface area contributed by atoms with Gasteiger partial charge in [-0.1, -0.05) is 0 Å². The standard InChI is InChI=1S/C11H15N3OS/c1-16-6-4-12-11(13-5-6)14-9-3-10(15)8-2-7(8)9/h4-5,7-10,15H,2-3H2,1H3,(H,12,13,14)/t7-,8+,9-,10+/m1/s1. The molecule has 0 amide bonds. The minimum Gasteiger partial charge on any atom is -0.393 e. The van der Waals surface area contributed by atoms with Crippen molar-refractivity contribution in [3.8, 4) is 0 Å². The maximum atomic E-state index is 9.69. The molecule has 0 aliphatic heterocycles. The molecule has 1 heterocycles. The van der Waals surface area contributed by atoms with Gasteiger partial charge < -0.3 is 10.4 Å². The zero-order chi connectivity index (χ0) is 11.1. The maximum absolute atomic E-state index is 9.69. The van der Waals surface area contributed by atoms with Gasteiger partial charge in [0, 0.05) is 23.3 Å². The molecule has 0 radical (unpaired) electrons. The summed E-state index contributed by atoms with van der Waals surface area (Å²) in [5.41, 5.74) is 0. The molecule has 0 aromatic carbocycles. The van der Waals surface area contributed by atoms with Crippen LogP contribution in [0.4, 0.5) is 5.95 Å². The fraction of sp³-hybridized carbons (Fsp3) is 0.636. The summed E-state index contributed by atoms with van der Waals surface area (Å²) in [6.07, 6.45) is 7.54. The van der Waals surface area contributed by atoms with Crippen molar-refractivity contribution in [1.82, 2.24) is 9.97 Å². The molecule has 86 valence electrons. The first-order chi connectivity index (χ1) is 7.78. The lowest BCUT2D eigenvalue weighted by molar-refractivity contribution is 0.158. The number of nitrogens with zero attached hydrogens (tertiary/aromatic N) is 2. The number of aliphatic hydroxyl groups is 1. The molecule has 4 nitrogen and oxygen atoms in total. The van der Waals surface area contributed by atoms with Crippen LogP contribution in [0.2, 0.25) is 0 Å². The van der Waals surface area contributed by atoms with Gasteiger partial charge in [-0.15, -0.1) is 11.8 Å². The summed E-state index contributed by atoms with van der Waals surface area (Å²) in [6, 6.07) is 0.361. The lowest BCUT2D eigenvalue weighted by atomic mass is 10.1. The van der Waals surface area contributed by atoms with Crippen LogP contribution in [-0.4, -0.2) is 33.5 Å². The Bertz CT molecular complexity index is 383. The Morgan fingerprint density at radius 2 is 2.06 bits per heavy atom. The predicted octanol–water partition coefficient (Wildman–Crippen LogP) is 1.38. The van der Waals surface area contributed by atoms with E-state index in [9.17, 15) is 5.11 Å². The van der Waals surface area contributed by atoms with Crippen molar-refractivity contribution in [2.24, 2.45) is 11.8 Å². The third kappa shape index (κ3) is 1.78. The first-order valence-corrected chi connectivity index (χ1v) is 6.81. The Morgan fingerprint density at radius 1 is 1.31 bits per heavy atom. The molecule has 5 heteroatoms. The number of aliphatic hydroxyl groups excluding tert-OH is 1. The van der Waals surface area contributed by atoms with Crippen LogP contribution in [0.25, 0.3) is 0 Å². The molecule has 3 rings (SSSR count). The molecule has 1 aromatic heterocycles. The van der Waals surface area contributed by atoms with E-state index in [-0.39, 0.29) is 6.10 Å². The average molecular weight is 237 g/mol. The van der Waals surface area contributed by atoms with Crippen LogP contribution in [-0.2, 0) is 0 Å². The number of aromatic nitrogens is 2. The normalized spacial score (nSPS) is 35.9. The minimum absolute atomic E-state index is 0.118. The molecule has 2 saturated carbocycles. The number of anilines is 1. The first kappa shape index (κ1) is 10.4. The summed E-state index contributed by atoms with van der Waals surface area (Å²) < 4.78 is 0. The van der Waals surface area contributed by atoms with Crippen molar-refractivity contribution in [2.75, 3.05) is 11.6 Å². The highest BCUT2D eigenvalue weighted by Gasteiger charge is 2.53. The molecular weight excluding hydrogens is 222 g/mol. The van der Waals surface area contributed by atoms with E-state index in [4.69, 9.17) is 0 Å². The van der Waals surface area contributed by atoms with E-state index in [0.29, 0.717) is 23.8 Å². The van der Waals surface area contributed by atoms with Crippen LogP contribution in [0.5, 0.6) is 0 Å². The quantitative estimate of drug-likeness (QED) is 0.778. The molecule has 2 aliphatic rings. The Kier molecular flexibility index (Phi) is 2.52. The number of nitrogens with one attached hydrogen (secondary N) is 1. The van der Waals surface area contributed by atoms with Crippen LogP contribution < -0.4 is 5.32 Å². The largest absolute Gasteiger partial charge is 0.393 e. The van der Waals surface area contributed by atoms with Crippen LogP contribution in [0.15, 0.2) is 17.3 Å². The molecule has 2 aliphatic carbocycles. The van der Waals surface area contributed by atoms with E-state index in [1.54, 1.807) is 11.8 Å². The van der Waals surface area contributed by atoms with Crippen LogP contribution in [0.3, 0.4) is 0 Å². The zero-order valence-electron chi connectivity index (χ0n) is 9.13. The highest BCUT2D eigenvalue weighted by molar-refractivity contribution is 7.98. The summed E-state index contributed by atoms with van der Waals surface area (Å²) in [5, 5.41) is 13.0. The minimum atomic E-state index is -0.118. The molecular formula is C11H15N3OS. The fourth-order valence-corrected chi connectivity index (χ4v) is 2.89. The van der Waals surface area contributed by atoms with Gasteiger partial charge in [0.05, 0.1) is 6.10 Å². The van der Waals surface area contributed by atoms with Crippen molar-refractivity contribution >= 4 is 17.7 Å². The van der Waals surface area contributed by atoms with Gasteiger partial charge in [-0.2, -0.15) is 0 Å². The summed E-state index contributed by atoms with van der Waals surface area (Å²) in [4.78, 5) is 9.60. The molecule has 2 fully saturated rings. The number of fused-ring (bicyclic) bond motifs is 1. The van der Waals surface area contributed by atoms with Gasteiger partial charge in [-0.25, -0.2) is 9.97 Å². The van der Waals surface area contributed by atoms with Gasteiger partial charge in [0.15, 0.2) is 0 Å². The Morgan fingerprint density at radius 3 is 2.56 bits per heavy atom. The third-order valence-electron chi connectivity index (χ3n) is 3.58. The van der Waals surface area contributed by atoms with Crippen molar-refractivity contribution in [1.29, 1.82) is 0 Å². The first-order valence-electron chi connectivity index (χ1n) is 5.58. The number of thioether (sulfide) groups is 1. The lowest BCUT2D eigenvalue weighted by Crippen LogP contribution is -2.22. The number of hydrogen-bond donors (Lipinski definition) is 2. The molecule has 0 bridgehead atoms. The topological polar surface area (TPSA) is 58.0 Å². The van der Waals surface area contributed by atoms with Gasteiger partial charge in [0.2, 0.25) is 5.95 Å². The van der Waals surface area contributed by atoms with Crippen molar-refractivity contribution in [3.63, 3.8) is 0 Å². The molecule has 1 aromatic rings. The molecule has 2 N–H and O–H groups in total. The van der Waals surface area contributed by atoms with E-state index in [0.717, 1.165) is 17.7 Å². The van der Waals surface area contributed by atoms with Crippen LogP contribution >= 0.6 is 11.8 Å². The zero-order valence-corrected chi connectivity index (χ0v) is 9.94. The second-order valence-corrected chi connectivity index (χ2v) is 5.44. The van der Waals surface area contributed by atoms with Crippen molar-refractivity contribution in [2.45, 2.75) is 29.9 Å². The predicted molar refractivity (Wildman–Crippen MR) is 63.4 cm³/mol. The molecule has 0 spiro atoms. The molecule has 0 saturated heterocycles. The van der Waals surface area contributed by atoms with Gasteiger partial charge in [0.25, 0.3) is 0 Å². The van der Waals surface area contributed by atoms with Crippen LogP contribution in [0.1, 0.15) is 12.8 Å². The van der Waals surface area contributed by atoms with Gasteiger partial charge in [-0.3, -0.25) is 0 Å². The summed E-state index contributed by atoms with van der Waals surface area (Å²) in [5.74, 6) is 1.85. The Labute approximate surface area is 98.9 Å². The third-order valence-corrected chi connectivity index (χ3v) is 4.26. The van der Waals surface area contributed by atoms with E-state index in [1.807, 2.05) is 18.6 Å². The smallest absolute Gasteiger partial charge is 0.222 e. The second-order valence-electron chi connectivity index (χ2n) is 4.56. The fourth-order valence-electron chi connectivity index (χ4n) is 2.58.